The maximum Gasteiger partial charge on any atom is 0.312 e. The van der Waals surface area contributed by atoms with Crippen LogP contribution >= 0.6 is 0 Å². The molecule has 2 aromatic rings. The molecule has 0 aliphatic rings. The summed E-state index contributed by atoms with van der Waals surface area (Å²) in [5.74, 6) is -1.49. The topological polar surface area (TPSA) is 46.5 Å². The quantitative estimate of drug-likeness (QED) is 0.624. The van der Waals surface area contributed by atoms with Gasteiger partial charge in [-0.3, -0.25) is 4.79 Å². The van der Waals surface area contributed by atoms with E-state index in [0.29, 0.717) is 5.56 Å². The van der Waals surface area contributed by atoms with Gasteiger partial charge in [-0.1, -0.05) is 66.7 Å². The standard InChI is InChI=1S/C20H22O3/c1-3-17(15-11-7-5-8-12-15)18(20(22)23-4-2)19(21)16-13-9-6-10-14-16/h3,5-14,17-19,21H,1,4H2,2H3/t17-,18+,19-/m0/s1. The summed E-state index contributed by atoms with van der Waals surface area (Å²) in [6, 6.07) is 18.7. The highest BCUT2D eigenvalue weighted by Crippen LogP contribution is 2.36. The number of allylic oxidation sites excluding steroid dienone is 1. The van der Waals surface area contributed by atoms with Crippen molar-refractivity contribution in [1.29, 1.82) is 0 Å². The minimum atomic E-state index is -0.960. The zero-order chi connectivity index (χ0) is 16.7. The lowest BCUT2D eigenvalue weighted by atomic mass is 9.80. The number of ether oxygens (including phenoxy) is 1. The second-order valence-electron chi connectivity index (χ2n) is 5.31. The molecule has 120 valence electrons. The van der Waals surface area contributed by atoms with Gasteiger partial charge in [-0.25, -0.2) is 0 Å². The van der Waals surface area contributed by atoms with Crippen LogP contribution in [0.25, 0.3) is 0 Å². The van der Waals surface area contributed by atoms with Crippen LogP contribution in [0.5, 0.6) is 0 Å². The van der Waals surface area contributed by atoms with Gasteiger partial charge in [0.05, 0.1) is 18.6 Å². The molecule has 0 radical (unpaired) electrons. The van der Waals surface area contributed by atoms with E-state index in [1.165, 1.54) is 0 Å². The van der Waals surface area contributed by atoms with Crippen molar-refractivity contribution in [3.8, 4) is 0 Å². The zero-order valence-corrected chi connectivity index (χ0v) is 13.3. The molecular formula is C20H22O3. The molecule has 0 bridgehead atoms. The van der Waals surface area contributed by atoms with Crippen LogP contribution in [-0.4, -0.2) is 17.7 Å². The number of hydrogen-bond acceptors (Lipinski definition) is 3. The third kappa shape index (κ3) is 4.08. The second-order valence-corrected chi connectivity index (χ2v) is 5.31. The van der Waals surface area contributed by atoms with Crippen molar-refractivity contribution in [2.45, 2.75) is 18.9 Å². The van der Waals surface area contributed by atoms with Gasteiger partial charge >= 0.3 is 5.97 Å². The van der Waals surface area contributed by atoms with Crippen molar-refractivity contribution in [3.05, 3.63) is 84.4 Å². The van der Waals surface area contributed by atoms with Crippen molar-refractivity contribution < 1.29 is 14.6 Å². The van der Waals surface area contributed by atoms with Gasteiger partial charge in [-0.15, -0.1) is 6.58 Å². The minimum absolute atomic E-state index is 0.273. The van der Waals surface area contributed by atoms with Crippen LogP contribution in [0, 0.1) is 5.92 Å². The van der Waals surface area contributed by atoms with Gasteiger partial charge in [-0.2, -0.15) is 0 Å². The summed E-state index contributed by atoms with van der Waals surface area (Å²) in [5.41, 5.74) is 1.61. The zero-order valence-electron chi connectivity index (χ0n) is 13.3. The van der Waals surface area contributed by atoms with E-state index < -0.39 is 18.0 Å². The SMILES string of the molecule is C=C[C@@H](c1ccccc1)[C@@H](C(=O)OCC)[C@@H](O)c1ccccc1. The van der Waals surface area contributed by atoms with E-state index in [-0.39, 0.29) is 12.5 Å². The molecule has 3 heteroatoms. The number of esters is 1. The second kappa shape index (κ2) is 8.30. The predicted octanol–water partition coefficient (Wildman–Crippen LogP) is 3.87. The van der Waals surface area contributed by atoms with Crippen molar-refractivity contribution in [2.75, 3.05) is 6.61 Å². The molecule has 3 nitrogen and oxygen atoms in total. The van der Waals surface area contributed by atoms with Crippen molar-refractivity contribution >= 4 is 5.97 Å². The normalized spacial score (nSPS) is 14.5. The first-order valence-electron chi connectivity index (χ1n) is 7.76. The van der Waals surface area contributed by atoms with E-state index in [1.807, 2.05) is 60.7 Å². The van der Waals surface area contributed by atoms with Gasteiger partial charge in [0.1, 0.15) is 0 Å². The fourth-order valence-electron chi connectivity index (χ4n) is 2.73. The Morgan fingerprint density at radius 3 is 2.09 bits per heavy atom. The van der Waals surface area contributed by atoms with E-state index in [0.717, 1.165) is 5.56 Å². The van der Waals surface area contributed by atoms with Crippen LogP contribution in [0.15, 0.2) is 73.3 Å². The smallest absolute Gasteiger partial charge is 0.312 e. The lowest BCUT2D eigenvalue weighted by Crippen LogP contribution is -2.29. The van der Waals surface area contributed by atoms with E-state index in [2.05, 4.69) is 6.58 Å². The number of carbonyl (C=O) groups excluding carboxylic acids is 1. The lowest BCUT2D eigenvalue weighted by molar-refractivity contribution is -0.153. The molecule has 0 aromatic heterocycles. The molecule has 0 heterocycles. The third-order valence-electron chi connectivity index (χ3n) is 3.87. The van der Waals surface area contributed by atoms with Crippen molar-refractivity contribution in [2.24, 2.45) is 5.92 Å². The Morgan fingerprint density at radius 2 is 1.61 bits per heavy atom. The first-order chi connectivity index (χ1) is 11.2. The molecule has 1 N–H and O–H groups in total. The van der Waals surface area contributed by atoms with E-state index in [1.54, 1.807) is 13.0 Å². The number of benzene rings is 2. The average Bonchev–Trinajstić information content (AvgIpc) is 2.60. The molecule has 0 saturated heterocycles. The van der Waals surface area contributed by atoms with Crippen LogP contribution < -0.4 is 0 Å². The van der Waals surface area contributed by atoms with Gasteiger partial charge in [0.25, 0.3) is 0 Å². The van der Waals surface area contributed by atoms with Crippen LogP contribution in [0.3, 0.4) is 0 Å². The molecule has 2 rings (SSSR count). The third-order valence-corrected chi connectivity index (χ3v) is 3.87. The monoisotopic (exact) mass is 310 g/mol. The molecule has 0 fully saturated rings. The summed E-state index contributed by atoms with van der Waals surface area (Å²) < 4.78 is 5.20. The van der Waals surface area contributed by atoms with Gasteiger partial charge in [0.15, 0.2) is 0 Å². The Bertz CT molecular complexity index is 622. The van der Waals surface area contributed by atoms with Crippen molar-refractivity contribution in [3.63, 3.8) is 0 Å². The number of carbonyl (C=O) groups is 1. The number of rotatable bonds is 7. The summed E-state index contributed by atoms with van der Waals surface area (Å²) in [7, 11) is 0. The van der Waals surface area contributed by atoms with Gasteiger partial charge < -0.3 is 9.84 Å². The fraction of sp³-hybridized carbons (Fsp3) is 0.250. The Balaban J connectivity index is 2.40. The van der Waals surface area contributed by atoms with E-state index in [4.69, 9.17) is 4.74 Å². The predicted molar refractivity (Wildman–Crippen MR) is 90.9 cm³/mol. The number of aliphatic hydroxyl groups is 1. The Hall–Kier alpha value is -2.39. The molecule has 0 spiro atoms. The van der Waals surface area contributed by atoms with Crippen LogP contribution in [0.2, 0.25) is 0 Å². The van der Waals surface area contributed by atoms with Gasteiger partial charge in [0.2, 0.25) is 0 Å². The van der Waals surface area contributed by atoms with Crippen LogP contribution in [0.1, 0.15) is 30.1 Å². The summed E-state index contributed by atoms with van der Waals surface area (Å²) in [6.45, 7) is 5.89. The first kappa shape index (κ1) is 17.0. The largest absolute Gasteiger partial charge is 0.466 e. The van der Waals surface area contributed by atoms with Gasteiger partial charge in [-0.05, 0) is 18.1 Å². The summed E-state index contributed by atoms with van der Waals surface area (Å²) in [5, 5.41) is 10.8. The molecule has 0 unspecified atom stereocenters. The first-order valence-corrected chi connectivity index (χ1v) is 7.76. The minimum Gasteiger partial charge on any atom is -0.466 e. The molecule has 0 aliphatic heterocycles. The highest BCUT2D eigenvalue weighted by Gasteiger charge is 2.36. The van der Waals surface area contributed by atoms with Crippen LogP contribution in [0.4, 0.5) is 0 Å². The van der Waals surface area contributed by atoms with Crippen LogP contribution in [-0.2, 0) is 9.53 Å². The molecule has 0 amide bonds. The summed E-state index contributed by atoms with van der Waals surface area (Å²) in [6.07, 6.45) is 0.738. The molecule has 0 aliphatic carbocycles. The molecule has 23 heavy (non-hydrogen) atoms. The average molecular weight is 310 g/mol. The summed E-state index contributed by atoms with van der Waals surface area (Å²) >= 11 is 0. The number of hydrogen-bond donors (Lipinski definition) is 1. The molecular weight excluding hydrogens is 288 g/mol. The number of aliphatic hydroxyl groups excluding tert-OH is 1. The van der Waals surface area contributed by atoms with E-state index >= 15 is 0 Å². The molecule has 3 atom stereocenters. The van der Waals surface area contributed by atoms with E-state index in [9.17, 15) is 9.90 Å². The maximum atomic E-state index is 12.5. The summed E-state index contributed by atoms with van der Waals surface area (Å²) in [4.78, 5) is 12.5. The Kier molecular flexibility index (Phi) is 6.12. The lowest BCUT2D eigenvalue weighted by Gasteiger charge is -2.28. The Labute approximate surface area is 137 Å². The van der Waals surface area contributed by atoms with Crippen molar-refractivity contribution in [1.82, 2.24) is 0 Å². The van der Waals surface area contributed by atoms with Gasteiger partial charge in [0, 0.05) is 5.92 Å². The fourth-order valence-corrected chi connectivity index (χ4v) is 2.73. The Morgan fingerprint density at radius 1 is 1.09 bits per heavy atom. The maximum absolute atomic E-state index is 12.5. The highest BCUT2D eigenvalue weighted by atomic mass is 16.5. The molecule has 2 aromatic carbocycles. The highest BCUT2D eigenvalue weighted by molar-refractivity contribution is 5.75. The molecule has 0 saturated carbocycles.